The van der Waals surface area contributed by atoms with Gasteiger partial charge < -0.3 is 7.43 Å². The Labute approximate surface area is 95.3 Å². The van der Waals surface area contributed by atoms with Crippen molar-refractivity contribution < 1.29 is 32.7 Å². The van der Waals surface area contributed by atoms with E-state index in [0.717, 1.165) is 0 Å². The maximum absolute atomic E-state index is 3.07. The first-order valence-electron chi connectivity index (χ1n) is 3.15. The Balaban J connectivity index is 0. The van der Waals surface area contributed by atoms with Crippen molar-refractivity contribution in [3.05, 3.63) is 42.3 Å². The molecule has 1 heteroatoms. The first-order chi connectivity index (χ1) is 4.22. The Kier molecular flexibility index (Phi) is 7.46. The van der Waals surface area contributed by atoms with Gasteiger partial charge in [0.2, 0.25) is 0 Å². The molecule has 0 saturated heterocycles. The third kappa shape index (κ3) is 3.49. The van der Waals surface area contributed by atoms with Crippen LogP contribution in [0.3, 0.4) is 0 Å². The molecule has 0 atom stereocenters. The molecule has 59 valence electrons. The van der Waals surface area contributed by atoms with Crippen LogP contribution in [0.15, 0.2) is 12.1 Å². The second-order valence-electron chi connectivity index (χ2n) is 2.45. The monoisotopic (exact) mass is 223 g/mol. The standard InChI is InChI=1S/C9H11.CH3.Y/c1-7-5-4-6-8(2)9(7)3;;/h5-6H,1-3H3;1H3;/q2*-1;. The van der Waals surface area contributed by atoms with Crippen molar-refractivity contribution in [1.82, 2.24) is 0 Å². The Morgan fingerprint density at radius 3 is 1.64 bits per heavy atom. The Hall–Kier alpha value is 0.324. The molecule has 1 aromatic carbocycles. The summed E-state index contributed by atoms with van der Waals surface area (Å²) < 4.78 is 0. The van der Waals surface area contributed by atoms with Crippen molar-refractivity contribution in [2.75, 3.05) is 0 Å². The molecule has 1 radical (unpaired) electrons. The molecule has 1 rings (SSSR count). The normalized spacial score (nSPS) is 7.91. The molecular formula is C10H14Y-2. The van der Waals surface area contributed by atoms with Crippen LogP contribution in [-0.4, -0.2) is 0 Å². The van der Waals surface area contributed by atoms with Crippen molar-refractivity contribution in [1.29, 1.82) is 0 Å². The molecule has 0 N–H and O–H groups in total. The maximum atomic E-state index is 3.07. The van der Waals surface area contributed by atoms with Crippen LogP contribution >= 0.6 is 0 Å². The third-order valence-electron chi connectivity index (χ3n) is 1.78. The zero-order chi connectivity index (χ0) is 6.85. The molecule has 0 spiro atoms. The van der Waals surface area contributed by atoms with E-state index in [4.69, 9.17) is 0 Å². The fraction of sp³-hybridized carbons (Fsp3) is 0.300. The minimum absolute atomic E-state index is 0. The molecule has 0 aromatic heterocycles. The Morgan fingerprint density at radius 2 is 1.36 bits per heavy atom. The maximum Gasteiger partial charge on any atom is 0 e. The van der Waals surface area contributed by atoms with Gasteiger partial charge in [-0.05, 0) is 0 Å². The van der Waals surface area contributed by atoms with Gasteiger partial charge in [0.05, 0.1) is 0 Å². The largest absolute Gasteiger partial charge is 0.358 e. The molecule has 1 aromatic rings. The minimum atomic E-state index is 0. The topological polar surface area (TPSA) is 0 Å². The van der Waals surface area contributed by atoms with Gasteiger partial charge >= 0.3 is 0 Å². The molecule has 0 aliphatic heterocycles. The second-order valence-corrected chi connectivity index (χ2v) is 2.45. The number of benzene rings is 1. The van der Waals surface area contributed by atoms with Crippen molar-refractivity contribution >= 4 is 0 Å². The van der Waals surface area contributed by atoms with E-state index in [1.807, 2.05) is 12.1 Å². The average Bonchev–Trinajstić information content (AvgIpc) is 1.83. The molecule has 0 bridgehead atoms. The van der Waals surface area contributed by atoms with Gasteiger partial charge in [-0.25, -0.2) is 0 Å². The van der Waals surface area contributed by atoms with Crippen LogP contribution in [0, 0.1) is 34.3 Å². The van der Waals surface area contributed by atoms with Gasteiger partial charge in [0.15, 0.2) is 0 Å². The van der Waals surface area contributed by atoms with Crippen molar-refractivity contribution in [3.8, 4) is 0 Å². The van der Waals surface area contributed by atoms with Gasteiger partial charge in [0.25, 0.3) is 0 Å². The van der Waals surface area contributed by atoms with Gasteiger partial charge in [-0.2, -0.15) is 34.9 Å². The minimum Gasteiger partial charge on any atom is -0.358 e. The summed E-state index contributed by atoms with van der Waals surface area (Å²) in [5.74, 6) is 0. The van der Waals surface area contributed by atoms with Crippen molar-refractivity contribution in [2.24, 2.45) is 0 Å². The van der Waals surface area contributed by atoms with E-state index in [2.05, 4.69) is 26.8 Å². The number of hydrogen-bond acceptors (Lipinski definition) is 0. The molecule has 11 heavy (non-hydrogen) atoms. The molecule has 0 aliphatic carbocycles. The number of rotatable bonds is 0. The quantitative estimate of drug-likeness (QED) is 0.593. The van der Waals surface area contributed by atoms with Crippen LogP contribution in [-0.2, 0) is 32.7 Å². The van der Waals surface area contributed by atoms with Gasteiger partial charge in [-0.1, -0.05) is 20.8 Å². The molecule has 0 heterocycles. The van der Waals surface area contributed by atoms with Gasteiger partial charge in [-0.15, -0.1) is 0 Å². The van der Waals surface area contributed by atoms with E-state index < -0.39 is 0 Å². The first-order valence-corrected chi connectivity index (χ1v) is 3.15. The van der Waals surface area contributed by atoms with Crippen LogP contribution in [0.25, 0.3) is 0 Å². The van der Waals surface area contributed by atoms with Crippen LogP contribution in [0.4, 0.5) is 0 Å². The summed E-state index contributed by atoms with van der Waals surface area (Å²) in [4.78, 5) is 0. The molecule has 0 aliphatic rings. The van der Waals surface area contributed by atoms with Crippen molar-refractivity contribution in [2.45, 2.75) is 20.8 Å². The van der Waals surface area contributed by atoms with E-state index in [-0.39, 0.29) is 40.1 Å². The van der Waals surface area contributed by atoms with E-state index in [9.17, 15) is 0 Å². The SMILES string of the molecule is Cc1c[c-]cc(C)c1C.[CH3-].[Y]. The summed E-state index contributed by atoms with van der Waals surface area (Å²) in [6, 6.07) is 7.10. The van der Waals surface area contributed by atoms with Gasteiger partial charge in [-0.3, -0.25) is 0 Å². The molecule has 0 unspecified atom stereocenters. The van der Waals surface area contributed by atoms with Crippen LogP contribution in [0.1, 0.15) is 16.7 Å². The van der Waals surface area contributed by atoms with E-state index in [1.54, 1.807) is 0 Å². The summed E-state index contributed by atoms with van der Waals surface area (Å²) >= 11 is 0. The Morgan fingerprint density at radius 1 is 1.00 bits per heavy atom. The zero-order valence-corrected chi connectivity index (χ0v) is 10.6. The Bertz CT molecular complexity index is 196. The van der Waals surface area contributed by atoms with Gasteiger partial charge in [0, 0.05) is 32.7 Å². The van der Waals surface area contributed by atoms with Gasteiger partial charge in [0.1, 0.15) is 0 Å². The number of hydrogen-bond donors (Lipinski definition) is 0. The predicted octanol–water partition coefficient (Wildman–Crippen LogP) is 2.86. The second kappa shape index (κ2) is 5.91. The molecule has 0 nitrogen and oxygen atoms in total. The zero-order valence-electron chi connectivity index (χ0n) is 7.73. The summed E-state index contributed by atoms with van der Waals surface area (Å²) in [5, 5.41) is 0. The number of aryl methyl sites for hydroxylation is 2. The average molecular weight is 223 g/mol. The van der Waals surface area contributed by atoms with Crippen LogP contribution in [0.5, 0.6) is 0 Å². The fourth-order valence-electron chi connectivity index (χ4n) is 0.819. The van der Waals surface area contributed by atoms with E-state index >= 15 is 0 Å². The molecule has 0 fully saturated rings. The summed E-state index contributed by atoms with van der Waals surface area (Å²) in [5.41, 5.74) is 4.04. The first kappa shape index (κ1) is 13.9. The summed E-state index contributed by atoms with van der Waals surface area (Å²) in [7, 11) is 0. The fourth-order valence-corrected chi connectivity index (χ4v) is 0.819. The van der Waals surface area contributed by atoms with Crippen LogP contribution in [0.2, 0.25) is 0 Å². The van der Waals surface area contributed by atoms with E-state index in [1.165, 1.54) is 16.7 Å². The van der Waals surface area contributed by atoms with Crippen molar-refractivity contribution in [3.63, 3.8) is 0 Å². The third-order valence-corrected chi connectivity index (χ3v) is 1.78. The summed E-state index contributed by atoms with van der Waals surface area (Å²) in [6.45, 7) is 6.36. The molecule has 0 saturated carbocycles. The van der Waals surface area contributed by atoms with Crippen LogP contribution < -0.4 is 0 Å². The molecular weight excluding hydrogens is 209 g/mol. The van der Waals surface area contributed by atoms with E-state index in [0.29, 0.717) is 0 Å². The summed E-state index contributed by atoms with van der Waals surface area (Å²) in [6.07, 6.45) is 0. The predicted molar refractivity (Wildman–Crippen MR) is 45.9 cm³/mol. The molecule has 0 amide bonds. The smallest absolute Gasteiger partial charge is 0 e.